The van der Waals surface area contributed by atoms with Gasteiger partial charge in [0.05, 0.1) is 0 Å². The van der Waals surface area contributed by atoms with E-state index in [1.165, 1.54) is 12.8 Å². The average molecular weight is 329 g/mol. The lowest BCUT2D eigenvalue weighted by molar-refractivity contribution is 0.247. The van der Waals surface area contributed by atoms with Gasteiger partial charge in [-0.05, 0) is 45.9 Å². The van der Waals surface area contributed by atoms with Gasteiger partial charge in [0, 0.05) is 31.4 Å². The third kappa shape index (κ3) is 4.03. The lowest BCUT2D eigenvalue weighted by Crippen LogP contribution is -2.45. The molecule has 24 heavy (non-hydrogen) atoms. The molecule has 1 unspecified atom stereocenters. The van der Waals surface area contributed by atoms with Crippen LogP contribution in [0.5, 0.6) is 0 Å². The van der Waals surface area contributed by atoms with Crippen LogP contribution in [0.15, 0.2) is 29.4 Å². The summed E-state index contributed by atoms with van der Waals surface area (Å²) in [6.45, 7) is 6.52. The Balaban J connectivity index is 1.60. The molecule has 1 aliphatic rings. The SMILES string of the molecule is CCNC(=NCc1nnc2ccccn12)NCC(C)N(C)C1CC1. The Hall–Kier alpha value is -2.15. The van der Waals surface area contributed by atoms with E-state index in [2.05, 4.69) is 51.6 Å². The highest BCUT2D eigenvalue weighted by Crippen LogP contribution is 2.26. The van der Waals surface area contributed by atoms with Gasteiger partial charge in [0.25, 0.3) is 0 Å². The molecule has 1 fully saturated rings. The summed E-state index contributed by atoms with van der Waals surface area (Å²) in [5, 5.41) is 15.1. The standard InChI is InChI=1S/C17H27N7/c1-4-18-17(19-11-13(2)23(3)14-8-9-14)20-12-16-22-21-15-7-5-6-10-24(15)16/h5-7,10,13-14H,4,8-9,11-12H2,1-3H3,(H2,18,19,20). The molecule has 1 aliphatic carbocycles. The number of guanidine groups is 1. The first-order chi connectivity index (χ1) is 11.7. The maximum Gasteiger partial charge on any atom is 0.191 e. The van der Waals surface area contributed by atoms with Gasteiger partial charge in [-0.25, -0.2) is 4.99 Å². The lowest BCUT2D eigenvalue weighted by atomic mass is 10.3. The third-order valence-corrected chi connectivity index (χ3v) is 4.49. The van der Waals surface area contributed by atoms with E-state index in [1.807, 2.05) is 28.8 Å². The van der Waals surface area contributed by atoms with Crippen LogP contribution in [0, 0.1) is 0 Å². The van der Waals surface area contributed by atoms with E-state index in [0.29, 0.717) is 12.6 Å². The monoisotopic (exact) mass is 329 g/mol. The summed E-state index contributed by atoms with van der Waals surface area (Å²) < 4.78 is 1.97. The van der Waals surface area contributed by atoms with Gasteiger partial charge in [-0.1, -0.05) is 6.07 Å². The number of nitrogens with zero attached hydrogens (tertiary/aromatic N) is 5. The molecule has 1 atom stereocenters. The molecule has 2 heterocycles. The molecule has 2 N–H and O–H groups in total. The fourth-order valence-electron chi connectivity index (χ4n) is 2.72. The van der Waals surface area contributed by atoms with Crippen molar-refractivity contribution < 1.29 is 0 Å². The van der Waals surface area contributed by atoms with Crippen LogP contribution in [0.25, 0.3) is 5.65 Å². The highest BCUT2D eigenvalue weighted by atomic mass is 15.3. The molecule has 2 aromatic heterocycles. The van der Waals surface area contributed by atoms with Crippen LogP contribution in [-0.2, 0) is 6.54 Å². The van der Waals surface area contributed by atoms with Gasteiger partial charge in [-0.3, -0.25) is 9.30 Å². The highest BCUT2D eigenvalue weighted by molar-refractivity contribution is 5.79. The van der Waals surface area contributed by atoms with Crippen LogP contribution in [0.2, 0.25) is 0 Å². The van der Waals surface area contributed by atoms with E-state index in [9.17, 15) is 0 Å². The van der Waals surface area contributed by atoms with Crippen molar-refractivity contribution in [3.05, 3.63) is 30.2 Å². The van der Waals surface area contributed by atoms with Crippen LogP contribution in [0.4, 0.5) is 0 Å². The van der Waals surface area contributed by atoms with Crippen LogP contribution < -0.4 is 10.6 Å². The summed E-state index contributed by atoms with van der Waals surface area (Å²) in [6, 6.07) is 7.13. The zero-order chi connectivity index (χ0) is 16.9. The van der Waals surface area contributed by atoms with Crippen molar-refractivity contribution in [1.29, 1.82) is 0 Å². The van der Waals surface area contributed by atoms with Gasteiger partial charge in [0.1, 0.15) is 6.54 Å². The normalized spacial score (nSPS) is 16.6. The summed E-state index contributed by atoms with van der Waals surface area (Å²) in [5.74, 6) is 1.66. The maximum atomic E-state index is 4.65. The highest BCUT2D eigenvalue weighted by Gasteiger charge is 2.28. The van der Waals surface area contributed by atoms with Gasteiger partial charge in [-0.15, -0.1) is 10.2 Å². The van der Waals surface area contributed by atoms with E-state index in [4.69, 9.17) is 0 Å². The summed E-state index contributed by atoms with van der Waals surface area (Å²) in [6.07, 6.45) is 4.62. The Morgan fingerprint density at radius 1 is 1.38 bits per heavy atom. The minimum absolute atomic E-state index is 0.482. The first kappa shape index (κ1) is 16.7. The van der Waals surface area contributed by atoms with E-state index in [-0.39, 0.29) is 0 Å². The molecular weight excluding hydrogens is 302 g/mol. The van der Waals surface area contributed by atoms with Crippen molar-refractivity contribution in [3.8, 4) is 0 Å². The molecule has 3 rings (SSSR count). The molecule has 0 aliphatic heterocycles. The van der Waals surface area contributed by atoms with Crippen molar-refractivity contribution in [2.75, 3.05) is 20.1 Å². The van der Waals surface area contributed by atoms with Crippen molar-refractivity contribution in [1.82, 2.24) is 30.1 Å². The molecule has 0 amide bonds. The molecule has 0 radical (unpaired) electrons. The molecule has 130 valence electrons. The van der Waals surface area contributed by atoms with E-state index < -0.39 is 0 Å². The fourth-order valence-corrected chi connectivity index (χ4v) is 2.72. The topological polar surface area (TPSA) is 69.8 Å². The van der Waals surface area contributed by atoms with Crippen LogP contribution in [0.3, 0.4) is 0 Å². The van der Waals surface area contributed by atoms with Crippen LogP contribution in [-0.4, -0.2) is 57.7 Å². The smallest absolute Gasteiger partial charge is 0.191 e. The number of hydrogen-bond acceptors (Lipinski definition) is 4. The fraction of sp³-hybridized carbons (Fsp3) is 0.588. The number of rotatable bonds is 7. The van der Waals surface area contributed by atoms with Gasteiger partial charge < -0.3 is 10.6 Å². The second kappa shape index (κ2) is 7.61. The minimum atomic E-state index is 0.482. The predicted octanol–water partition coefficient (Wildman–Crippen LogP) is 1.27. The Kier molecular flexibility index (Phi) is 5.30. The number of fused-ring (bicyclic) bond motifs is 1. The summed E-state index contributed by atoms with van der Waals surface area (Å²) in [5.41, 5.74) is 0.848. The Morgan fingerprint density at radius 2 is 2.21 bits per heavy atom. The molecule has 2 aromatic rings. The molecule has 7 nitrogen and oxygen atoms in total. The second-order valence-electron chi connectivity index (χ2n) is 6.37. The number of aliphatic imine (C=N–C) groups is 1. The molecule has 0 bridgehead atoms. The summed E-state index contributed by atoms with van der Waals surface area (Å²) >= 11 is 0. The van der Waals surface area contributed by atoms with Gasteiger partial charge in [-0.2, -0.15) is 0 Å². The summed E-state index contributed by atoms with van der Waals surface area (Å²) in [7, 11) is 2.20. The number of likely N-dealkylation sites (N-methyl/N-ethyl adjacent to an activating group) is 1. The first-order valence-corrected chi connectivity index (χ1v) is 8.71. The lowest BCUT2D eigenvalue weighted by Gasteiger charge is -2.25. The second-order valence-corrected chi connectivity index (χ2v) is 6.37. The minimum Gasteiger partial charge on any atom is -0.357 e. The first-order valence-electron chi connectivity index (χ1n) is 8.71. The van der Waals surface area contributed by atoms with E-state index >= 15 is 0 Å². The zero-order valence-corrected chi connectivity index (χ0v) is 14.7. The van der Waals surface area contributed by atoms with E-state index in [0.717, 1.165) is 36.6 Å². The van der Waals surface area contributed by atoms with Crippen molar-refractivity contribution in [2.45, 2.75) is 45.3 Å². The predicted molar refractivity (Wildman–Crippen MR) is 96.1 cm³/mol. The maximum absolute atomic E-state index is 4.65. The number of pyridine rings is 1. The Bertz CT molecular complexity index is 689. The van der Waals surface area contributed by atoms with Gasteiger partial charge >= 0.3 is 0 Å². The third-order valence-electron chi connectivity index (χ3n) is 4.49. The van der Waals surface area contributed by atoms with Crippen molar-refractivity contribution in [2.24, 2.45) is 4.99 Å². The quantitative estimate of drug-likeness (QED) is 0.591. The zero-order valence-electron chi connectivity index (χ0n) is 14.7. The Morgan fingerprint density at radius 3 is 2.96 bits per heavy atom. The summed E-state index contributed by atoms with van der Waals surface area (Å²) in [4.78, 5) is 7.10. The van der Waals surface area contributed by atoms with Crippen LogP contribution >= 0.6 is 0 Å². The van der Waals surface area contributed by atoms with Gasteiger partial charge in [0.15, 0.2) is 17.4 Å². The Labute approximate surface area is 143 Å². The van der Waals surface area contributed by atoms with Gasteiger partial charge in [0.2, 0.25) is 0 Å². The molecule has 1 saturated carbocycles. The molecule has 0 aromatic carbocycles. The van der Waals surface area contributed by atoms with Crippen molar-refractivity contribution in [3.63, 3.8) is 0 Å². The molecule has 0 spiro atoms. The van der Waals surface area contributed by atoms with Crippen LogP contribution in [0.1, 0.15) is 32.5 Å². The molecular formula is C17H27N7. The number of nitrogens with one attached hydrogen (secondary N) is 2. The molecule has 7 heteroatoms. The number of aromatic nitrogens is 3. The largest absolute Gasteiger partial charge is 0.357 e. The number of hydrogen-bond donors (Lipinski definition) is 2. The average Bonchev–Trinajstić information content (AvgIpc) is 3.37. The van der Waals surface area contributed by atoms with E-state index in [1.54, 1.807) is 0 Å². The molecule has 0 saturated heterocycles. The van der Waals surface area contributed by atoms with Crippen molar-refractivity contribution >= 4 is 11.6 Å².